The van der Waals surface area contributed by atoms with Gasteiger partial charge in [0.15, 0.2) is 0 Å². The molecule has 0 bridgehead atoms. The van der Waals surface area contributed by atoms with Crippen molar-refractivity contribution in [1.82, 2.24) is 4.90 Å². The van der Waals surface area contributed by atoms with E-state index in [0.717, 1.165) is 22.2 Å². The highest BCUT2D eigenvalue weighted by Crippen LogP contribution is 2.32. The normalized spacial score (nSPS) is 15.6. The number of hydrogen-bond donors (Lipinski definition) is 2. The van der Waals surface area contributed by atoms with Crippen molar-refractivity contribution in [3.05, 3.63) is 64.0 Å². The molecule has 2 aromatic rings. The molecule has 3 rings (SSSR count). The molecule has 3 amide bonds. The Labute approximate surface area is 158 Å². The lowest BCUT2D eigenvalue weighted by molar-refractivity contribution is -0.127. The standard InChI is InChI=1S/C18H13ClN2O4S/c19-12-3-1-11(2-4-12)9-15-17(24)21(18(25)26-15)10-16(23)20-13-5-7-14(22)8-6-13/h1-9,22H,10H2,(H,20,23)/b15-9+. The number of benzene rings is 2. The van der Waals surface area contributed by atoms with Gasteiger partial charge in [0.2, 0.25) is 5.91 Å². The van der Waals surface area contributed by atoms with Gasteiger partial charge in [-0.15, -0.1) is 0 Å². The highest BCUT2D eigenvalue weighted by Gasteiger charge is 2.36. The predicted molar refractivity (Wildman–Crippen MR) is 101 cm³/mol. The van der Waals surface area contributed by atoms with E-state index in [4.69, 9.17) is 11.6 Å². The number of nitrogens with zero attached hydrogens (tertiary/aromatic N) is 1. The topological polar surface area (TPSA) is 86.7 Å². The zero-order valence-electron chi connectivity index (χ0n) is 13.3. The number of hydrogen-bond acceptors (Lipinski definition) is 5. The Balaban J connectivity index is 1.67. The third-order valence-corrected chi connectivity index (χ3v) is 4.65. The van der Waals surface area contributed by atoms with Crippen LogP contribution < -0.4 is 5.32 Å². The first-order valence-corrected chi connectivity index (χ1v) is 8.71. The van der Waals surface area contributed by atoms with Crippen LogP contribution in [-0.2, 0) is 9.59 Å². The summed E-state index contributed by atoms with van der Waals surface area (Å²) in [5.41, 5.74) is 1.19. The van der Waals surface area contributed by atoms with Crippen LogP contribution in [0.3, 0.4) is 0 Å². The van der Waals surface area contributed by atoms with E-state index < -0.39 is 17.1 Å². The predicted octanol–water partition coefficient (Wildman–Crippen LogP) is 3.72. The molecule has 26 heavy (non-hydrogen) atoms. The Hall–Kier alpha value is -2.77. The van der Waals surface area contributed by atoms with Crippen LogP contribution in [0.5, 0.6) is 5.75 Å². The van der Waals surface area contributed by atoms with Gasteiger partial charge in [0, 0.05) is 10.7 Å². The Kier molecular flexibility index (Phi) is 5.29. The molecule has 0 atom stereocenters. The van der Waals surface area contributed by atoms with E-state index in [1.807, 2.05) is 0 Å². The zero-order chi connectivity index (χ0) is 18.7. The third-order valence-electron chi connectivity index (χ3n) is 3.49. The summed E-state index contributed by atoms with van der Waals surface area (Å²) in [6.45, 7) is -0.385. The fourth-order valence-electron chi connectivity index (χ4n) is 2.24. The molecule has 132 valence electrons. The van der Waals surface area contributed by atoms with Crippen LogP contribution in [0.25, 0.3) is 6.08 Å². The van der Waals surface area contributed by atoms with E-state index >= 15 is 0 Å². The number of rotatable bonds is 4. The Morgan fingerprint density at radius 3 is 2.42 bits per heavy atom. The van der Waals surface area contributed by atoms with Gasteiger partial charge in [0.25, 0.3) is 11.1 Å². The fourth-order valence-corrected chi connectivity index (χ4v) is 3.20. The first kappa shape index (κ1) is 18.0. The van der Waals surface area contributed by atoms with E-state index in [9.17, 15) is 19.5 Å². The van der Waals surface area contributed by atoms with Crippen molar-refractivity contribution in [2.75, 3.05) is 11.9 Å². The molecule has 8 heteroatoms. The Bertz CT molecular complexity index is 894. The minimum Gasteiger partial charge on any atom is -0.508 e. The molecule has 0 radical (unpaired) electrons. The van der Waals surface area contributed by atoms with Crippen LogP contribution in [0.2, 0.25) is 5.02 Å². The van der Waals surface area contributed by atoms with Crippen LogP contribution in [0, 0.1) is 0 Å². The molecule has 0 spiro atoms. The summed E-state index contributed by atoms with van der Waals surface area (Å²) in [5.74, 6) is -0.956. The van der Waals surface area contributed by atoms with Crippen molar-refractivity contribution < 1.29 is 19.5 Å². The van der Waals surface area contributed by atoms with E-state index in [1.54, 1.807) is 30.3 Å². The number of thioether (sulfide) groups is 1. The smallest absolute Gasteiger partial charge is 0.294 e. The number of phenolic OH excluding ortho intramolecular Hbond substituents is 1. The number of amides is 3. The maximum atomic E-state index is 12.4. The Morgan fingerprint density at radius 2 is 1.77 bits per heavy atom. The number of aromatic hydroxyl groups is 1. The quantitative estimate of drug-likeness (QED) is 0.615. The Morgan fingerprint density at radius 1 is 1.12 bits per heavy atom. The monoisotopic (exact) mass is 388 g/mol. The number of phenols is 1. The molecule has 0 saturated carbocycles. The molecule has 1 heterocycles. The molecule has 0 aliphatic carbocycles. The molecule has 1 fully saturated rings. The highest BCUT2D eigenvalue weighted by molar-refractivity contribution is 8.18. The number of carbonyl (C=O) groups excluding carboxylic acids is 3. The largest absolute Gasteiger partial charge is 0.508 e. The molecule has 2 aromatic carbocycles. The van der Waals surface area contributed by atoms with Crippen molar-refractivity contribution in [3.63, 3.8) is 0 Å². The first-order chi connectivity index (χ1) is 12.4. The second-order valence-electron chi connectivity index (χ2n) is 5.41. The number of halogens is 1. The maximum Gasteiger partial charge on any atom is 0.294 e. The lowest BCUT2D eigenvalue weighted by Crippen LogP contribution is -2.36. The average Bonchev–Trinajstić information content (AvgIpc) is 2.86. The minimum absolute atomic E-state index is 0.0706. The molecule has 0 unspecified atom stereocenters. The summed E-state index contributed by atoms with van der Waals surface area (Å²) in [4.78, 5) is 37.7. The SMILES string of the molecule is O=C(CN1C(=O)S/C(=C/c2ccc(Cl)cc2)C1=O)Nc1ccc(O)cc1. The van der Waals surface area contributed by atoms with Crippen molar-refractivity contribution in [1.29, 1.82) is 0 Å². The minimum atomic E-state index is -0.518. The molecule has 1 saturated heterocycles. The first-order valence-electron chi connectivity index (χ1n) is 7.52. The van der Waals surface area contributed by atoms with Crippen LogP contribution in [0.1, 0.15) is 5.56 Å². The van der Waals surface area contributed by atoms with E-state index in [2.05, 4.69) is 5.32 Å². The van der Waals surface area contributed by atoms with Crippen LogP contribution in [0.4, 0.5) is 10.5 Å². The summed E-state index contributed by atoms with van der Waals surface area (Å²) in [6, 6.07) is 12.7. The van der Waals surface area contributed by atoms with Gasteiger partial charge in [-0.2, -0.15) is 0 Å². The molecule has 0 aromatic heterocycles. The summed E-state index contributed by atoms with van der Waals surface area (Å²) >= 11 is 6.61. The van der Waals surface area contributed by atoms with Gasteiger partial charge in [-0.1, -0.05) is 23.7 Å². The summed E-state index contributed by atoms with van der Waals surface area (Å²) in [6.07, 6.45) is 1.58. The second-order valence-corrected chi connectivity index (χ2v) is 6.84. The van der Waals surface area contributed by atoms with Crippen LogP contribution >= 0.6 is 23.4 Å². The van der Waals surface area contributed by atoms with Gasteiger partial charge in [0.05, 0.1) is 4.91 Å². The van der Waals surface area contributed by atoms with Gasteiger partial charge in [0.1, 0.15) is 12.3 Å². The number of nitrogens with one attached hydrogen (secondary N) is 1. The summed E-state index contributed by atoms with van der Waals surface area (Å²) < 4.78 is 0. The van der Waals surface area contributed by atoms with Crippen LogP contribution in [0.15, 0.2) is 53.4 Å². The summed E-state index contributed by atoms with van der Waals surface area (Å²) in [5, 5.41) is 11.9. The van der Waals surface area contributed by atoms with Gasteiger partial charge < -0.3 is 10.4 Å². The fraction of sp³-hybridized carbons (Fsp3) is 0.0556. The molecule has 2 N–H and O–H groups in total. The zero-order valence-corrected chi connectivity index (χ0v) is 14.9. The van der Waals surface area contributed by atoms with Gasteiger partial charge >= 0.3 is 0 Å². The molecular formula is C18H13ClN2O4S. The van der Waals surface area contributed by atoms with Crippen molar-refractivity contribution in [2.24, 2.45) is 0 Å². The van der Waals surface area contributed by atoms with E-state index in [-0.39, 0.29) is 17.2 Å². The molecule has 1 aliphatic heterocycles. The highest BCUT2D eigenvalue weighted by atomic mass is 35.5. The molecule has 1 aliphatic rings. The van der Waals surface area contributed by atoms with Crippen LogP contribution in [-0.4, -0.2) is 33.6 Å². The van der Waals surface area contributed by atoms with Crippen molar-refractivity contribution >= 4 is 52.2 Å². The second kappa shape index (κ2) is 7.63. The van der Waals surface area contributed by atoms with Gasteiger partial charge in [-0.25, -0.2) is 0 Å². The maximum absolute atomic E-state index is 12.4. The molecular weight excluding hydrogens is 376 g/mol. The number of anilines is 1. The molecule has 6 nitrogen and oxygen atoms in total. The number of carbonyl (C=O) groups is 3. The van der Waals surface area contributed by atoms with E-state index in [1.165, 1.54) is 24.3 Å². The van der Waals surface area contributed by atoms with Gasteiger partial charge in [-0.05, 0) is 59.8 Å². The number of imide groups is 1. The van der Waals surface area contributed by atoms with Crippen molar-refractivity contribution in [3.8, 4) is 5.75 Å². The lowest BCUT2D eigenvalue weighted by Gasteiger charge is -2.12. The van der Waals surface area contributed by atoms with Crippen molar-refractivity contribution in [2.45, 2.75) is 0 Å². The lowest BCUT2D eigenvalue weighted by atomic mass is 10.2. The summed E-state index contributed by atoms with van der Waals surface area (Å²) in [7, 11) is 0. The average molecular weight is 389 g/mol. The van der Waals surface area contributed by atoms with E-state index in [0.29, 0.717) is 10.7 Å². The third kappa shape index (κ3) is 4.25. The van der Waals surface area contributed by atoms with Gasteiger partial charge in [-0.3, -0.25) is 19.3 Å².